The normalized spacial score (nSPS) is 30.5. The van der Waals surface area contributed by atoms with E-state index in [9.17, 15) is 8.42 Å². The fraction of sp³-hybridized carbons (Fsp3) is 1.00. The van der Waals surface area contributed by atoms with Gasteiger partial charge in [-0.05, 0) is 33.5 Å². The lowest BCUT2D eigenvalue weighted by Gasteiger charge is -2.37. The predicted octanol–water partition coefficient (Wildman–Crippen LogP) is -0.706. The zero-order valence-corrected chi connectivity index (χ0v) is 13.5. The third kappa shape index (κ3) is 4.96. The van der Waals surface area contributed by atoms with Gasteiger partial charge in [0.1, 0.15) is 0 Å². The fourth-order valence-electron chi connectivity index (χ4n) is 2.94. The molecular weight excluding hydrogens is 276 g/mol. The van der Waals surface area contributed by atoms with Crippen molar-refractivity contribution < 1.29 is 8.42 Å². The Labute approximate surface area is 122 Å². The van der Waals surface area contributed by atoms with Crippen LogP contribution in [-0.2, 0) is 10.0 Å². The first-order chi connectivity index (χ1) is 9.46. The molecule has 2 saturated heterocycles. The first-order valence-electron chi connectivity index (χ1n) is 7.56. The van der Waals surface area contributed by atoms with Gasteiger partial charge in [0.05, 0.1) is 5.75 Å². The highest BCUT2D eigenvalue weighted by Crippen LogP contribution is 2.09. The average molecular weight is 304 g/mol. The smallest absolute Gasteiger partial charge is 0.213 e. The zero-order chi connectivity index (χ0) is 14.6. The van der Waals surface area contributed by atoms with Crippen LogP contribution >= 0.6 is 0 Å². The molecule has 0 aromatic rings. The second kappa shape index (κ2) is 7.17. The zero-order valence-electron chi connectivity index (χ0n) is 12.6. The van der Waals surface area contributed by atoms with Crippen molar-refractivity contribution in [1.82, 2.24) is 19.8 Å². The second-order valence-corrected chi connectivity index (χ2v) is 8.02. The Morgan fingerprint density at radius 3 is 2.75 bits per heavy atom. The van der Waals surface area contributed by atoms with E-state index in [-0.39, 0.29) is 17.8 Å². The molecule has 2 N–H and O–H groups in total. The molecule has 0 aliphatic carbocycles. The molecule has 2 heterocycles. The third-order valence-corrected chi connectivity index (χ3v) is 5.80. The summed E-state index contributed by atoms with van der Waals surface area (Å²) in [7, 11) is 0.969. The summed E-state index contributed by atoms with van der Waals surface area (Å²) in [5.41, 5.74) is 0. The molecule has 2 atom stereocenters. The van der Waals surface area contributed by atoms with Gasteiger partial charge in [0, 0.05) is 38.3 Å². The van der Waals surface area contributed by atoms with E-state index in [1.165, 1.54) is 0 Å². The van der Waals surface area contributed by atoms with Crippen LogP contribution in [0.3, 0.4) is 0 Å². The van der Waals surface area contributed by atoms with Gasteiger partial charge in [-0.3, -0.25) is 4.90 Å². The fourth-order valence-corrected chi connectivity index (χ4v) is 4.31. The van der Waals surface area contributed by atoms with Crippen LogP contribution in [0.1, 0.15) is 19.3 Å². The minimum Gasteiger partial charge on any atom is -0.313 e. The summed E-state index contributed by atoms with van der Waals surface area (Å²) in [6.45, 7) is 4.41. The average Bonchev–Trinajstić information content (AvgIpc) is 2.40. The van der Waals surface area contributed by atoms with Crippen LogP contribution in [0.25, 0.3) is 0 Å². The molecule has 7 heteroatoms. The van der Waals surface area contributed by atoms with Crippen molar-refractivity contribution in [2.75, 3.05) is 52.6 Å². The van der Waals surface area contributed by atoms with Crippen molar-refractivity contribution in [3.05, 3.63) is 0 Å². The van der Waals surface area contributed by atoms with Crippen LogP contribution in [0.5, 0.6) is 0 Å². The second-order valence-electron chi connectivity index (χ2n) is 6.17. The van der Waals surface area contributed by atoms with Crippen molar-refractivity contribution in [2.45, 2.75) is 31.3 Å². The molecule has 2 fully saturated rings. The Hall–Kier alpha value is -0.210. The standard InChI is InChI=1S/C13H28N4O2S/c1-16-7-8-17(2)13(10-16)9-15-20(18,19)11-12-5-3-4-6-14-12/h12-15H,3-11H2,1-2H3. The molecule has 2 aliphatic rings. The molecular formula is C13H28N4O2S. The van der Waals surface area contributed by atoms with Crippen molar-refractivity contribution in [1.29, 1.82) is 0 Å². The lowest BCUT2D eigenvalue weighted by molar-refractivity contribution is 0.117. The van der Waals surface area contributed by atoms with E-state index in [1.54, 1.807) is 0 Å². The van der Waals surface area contributed by atoms with E-state index >= 15 is 0 Å². The minimum atomic E-state index is -3.18. The number of hydrogen-bond acceptors (Lipinski definition) is 5. The van der Waals surface area contributed by atoms with Crippen LogP contribution < -0.4 is 10.0 Å². The van der Waals surface area contributed by atoms with Crippen LogP contribution in [0.2, 0.25) is 0 Å². The number of piperidine rings is 1. The van der Waals surface area contributed by atoms with Gasteiger partial charge in [0.15, 0.2) is 0 Å². The number of nitrogens with one attached hydrogen (secondary N) is 2. The monoisotopic (exact) mass is 304 g/mol. The first-order valence-corrected chi connectivity index (χ1v) is 9.21. The van der Waals surface area contributed by atoms with E-state index in [0.717, 1.165) is 45.4 Å². The molecule has 118 valence electrons. The van der Waals surface area contributed by atoms with Gasteiger partial charge >= 0.3 is 0 Å². The Kier molecular flexibility index (Phi) is 5.80. The Morgan fingerprint density at radius 1 is 1.25 bits per heavy atom. The van der Waals surface area contributed by atoms with Gasteiger partial charge in [0.25, 0.3) is 0 Å². The lowest BCUT2D eigenvalue weighted by Crippen LogP contribution is -2.55. The molecule has 6 nitrogen and oxygen atoms in total. The van der Waals surface area contributed by atoms with Crippen molar-refractivity contribution in [3.63, 3.8) is 0 Å². The maximum Gasteiger partial charge on any atom is 0.213 e. The van der Waals surface area contributed by atoms with Crippen molar-refractivity contribution in [3.8, 4) is 0 Å². The summed E-state index contributed by atoms with van der Waals surface area (Å²) in [6.07, 6.45) is 3.25. The summed E-state index contributed by atoms with van der Waals surface area (Å²) in [5, 5.41) is 3.29. The lowest BCUT2D eigenvalue weighted by atomic mass is 10.1. The summed E-state index contributed by atoms with van der Waals surface area (Å²) in [5.74, 6) is 0.208. The third-order valence-electron chi connectivity index (χ3n) is 4.35. The molecule has 2 unspecified atom stereocenters. The molecule has 20 heavy (non-hydrogen) atoms. The van der Waals surface area contributed by atoms with Crippen LogP contribution in [-0.4, -0.2) is 82.9 Å². The molecule has 2 rings (SSSR count). The number of sulfonamides is 1. The van der Waals surface area contributed by atoms with Gasteiger partial charge in [0.2, 0.25) is 10.0 Å². The highest BCUT2D eigenvalue weighted by Gasteiger charge is 2.25. The first kappa shape index (κ1) is 16.2. The van der Waals surface area contributed by atoms with Crippen molar-refractivity contribution >= 4 is 10.0 Å². The quantitative estimate of drug-likeness (QED) is 0.703. The van der Waals surface area contributed by atoms with E-state index < -0.39 is 10.0 Å². The number of hydrogen-bond donors (Lipinski definition) is 2. The van der Waals surface area contributed by atoms with E-state index in [4.69, 9.17) is 0 Å². The maximum atomic E-state index is 12.1. The molecule has 0 aromatic heterocycles. The van der Waals surface area contributed by atoms with Gasteiger partial charge in [-0.1, -0.05) is 6.42 Å². The Balaban J connectivity index is 1.79. The summed E-state index contributed by atoms with van der Waals surface area (Å²) >= 11 is 0. The van der Waals surface area contributed by atoms with Crippen LogP contribution in [0.15, 0.2) is 0 Å². The topological polar surface area (TPSA) is 64.7 Å². The molecule has 0 saturated carbocycles. The predicted molar refractivity (Wildman–Crippen MR) is 81.3 cm³/mol. The van der Waals surface area contributed by atoms with Gasteiger partial charge in [-0.25, -0.2) is 13.1 Å². The summed E-state index contributed by atoms with van der Waals surface area (Å²) in [6, 6.07) is 0.385. The minimum absolute atomic E-state index is 0.119. The Morgan fingerprint density at radius 2 is 2.05 bits per heavy atom. The Bertz CT molecular complexity index is 395. The summed E-state index contributed by atoms with van der Waals surface area (Å²) in [4.78, 5) is 4.49. The van der Waals surface area contributed by atoms with E-state index in [2.05, 4.69) is 33.9 Å². The van der Waals surface area contributed by atoms with E-state index in [0.29, 0.717) is 6.54 Å². The van der Waals surface area contributed by atoms with E-state index in [1.807, 2.05) is 0 Å². The maximum absolute atomic E-state index is 12.1. The van der Waals surface area contributed by atoms with Gasteiger partial charge in [-0.2, -0.15) is 0 Å². The molecule has 0 amide bonds. The molecule has 2 aliphatic heterocycles. The highest BCUT2D eigenvalue weighted by molar-refractivity contribution is 7.89. The SMILES string of the molecule is CN1CCN(C)C(CNS(=O)(=O)CC2CCCCN2)C1. The number of rotatable bonds is 5. The van der Waals surface area contributed by atoms with Crippen molar-refractivity contribution in [2.24, 2.45) is 0 Å². The highest BCUT2D eigenvalue weighted by atomic mass is 32.2. The number of piperazine rings is 1. The molecule has 0 spiro atoms. The van der Waals surface area contributed by atoms with Gasteiger partial charge in [-0.15, -0.1) is 0 Å². The largest absolute Gasteiger partial charge is 0.313 e. The summed E-state index contributed by atoms with van der Waals surface area (Å²) < 4.78 is 27.1. The molecule has 0 aromatic carbocycles. The molecule has 0 bridgehead atoms. The number of likely N-dealkylation sites (N-methyl/N-ethyl adjacent to an activating group) is 2. The van der Waals surface area contributed by atoms with Crippen LogP contribution in [0.4, 0.5) is 0 Å². The van der Waals surface area contributed by atoms with Gasteiger partial charge < -0.3 is 10.2 Å². The van der Waals surface area contributed by atoms with Crippen LogP contribution in [0, 0.1) is 0 Å². The number of nitrogens with zero attached hydrogens (tertiary/aromatic N) is 2. The molecule has 0 radical (unpaired) electrons.